The minimum atomic E-state index is -0.510. The van der Waals surface area contributed by atoms with Crippen LogP contribution in [0.2, 0.25) is 0 Å². The highest BCUT2D eigenvalue weighted by atomic mass is 16.5. The Balaban J connectivity index is 3.66. The first-order chi connectivity index (χ1) is 8.77. The van der Waals surface area contributed by atoms with Crippen molar-refractivity contribution in [2.75, 3.05) is 19.7 Å². The number of carbonyl (C=O) groups is 3. The lowest BCUT2D eigenvalue weighted by Crippen LogP contribution is -2.41. The maximum absolute atomic E-state index is 11.5. The minimum absolute atomic E-state index is 0.0461. The maximum Gasteiger partial charge on any atom is 0.305 e. The molecule has 0 saturated carbocycles. The third-order valence-electron chi connectivity index (χ3n) is 2.28. The zero-order valence-corrected chi connectivity index (χ0v) is 12.2. The molecule has 19 heavy (non-hydrogen) atoms. The maximum atomic E-state index is 11.5. The van der Waals surface area contributed by atoms with Crippen molar-refractivity contribution < 1.29 is 19.1 Å². The van der Waals surface area contributed by atoms with E-state index in [1.54, 1.807) is 27.7 Å². The van der Waals surface area contributed by atoms with Gasteiger partial charge < -0.3 is 15.4 Å². The second-order valence-electron chi connectivity index (χ2n) is 5.19. The Bertz CT molecular complexity index is 321. The lowest BCUT2D eigenvalue weighted by atomic mass is 9.96. The summed E-state index contributed by atoms with van der Waals surface area (Å²) in [5, 5.41) is 5.18. The summed E-state index contributed by atoms with van der Waals surface area (Å²) >= 11 is 0. The van der Waals surface area contributed by atoms with Gasteiger partial charge in [0.25, 0.3) is 0 Å². The Labute approximate surface area is 114 Å². The first-order valence-electron chi connectivity index (χ1n) is 6.48. The summed E-state index contributed by atoms with van der Waals surface area (Å²) in [5.74, 6) is -0.701. The van der Waals surface area contributed by atoms with Gasteiger partial charge in [0.05, 0.1) is 13.2 Å². The summed E-state index contributed by atoms with van der Waals surface area (Å²) in [6, 6.07) is 0. The first kappa shape index (κ1) is 17.4. The van der Waals surface area contributed by atoms with E-state index in [2.05, 4.69) is 10.6 Å². The molecule has 6 nitrogen and oxygen atoms in total. The molecule has 6 heteroatoms. The molecule has 0 atom stereocenters. The average Bonchev–Trinajstić information content (AvgIpc) is 2.30. The van der Waals surface area contributed by atoms with Crippen LogP contribution in [0.25, 0.3) is 0 Å². The molecule has 0 spiro atoms. The van der Waals surface area contributed by atoms with Crippen molar-refractivity contribution in [3.05, 3.63) is 0 Å². The van der Waals surface area contributed by atoms with Crippen molar-refractivity contribution in [3.8, 4) is 0 Å². The molecule has 0 aliphatic rings. The standard InChI is InChI=1S/C13H24N2O4/c1-5-19-11(17)7-6-8-14-10(16)9-15-12(18)13(2,3)4/h5-9H2,1-4H3,(H,14,16)(H,15,18). The van der Waals surface area contributed by atoms with Crippen LogP contribution in [0.1, 0.15) is 40.5 Å². The fourth-order valence-electron chi connectivity index (χ4n) is 1.18. The molecule has 0 fully saturated rings. The Kier molecular flexibility index (Phi) is 7.79. The van der Waals surface area contributed by atoms with Gasteiger partial charge in [-0.25, -0.2) is 0 Å². The van der Waals surface area contributed by atoms with Crippen molar-refractivity contribution in [3.63, 3.8) is 0 Å². The molecule has 0 radical (unpaired) electrons. The van der Waals surface area contributed by atoms with Crippen LogP contribution in [-0.4, -0.2) is 37.5 Å². The third-order valence-corrected chi connectivity index (χ3v) is 2.28. The molecule has 2 amide bonds. The molecule has 0 bridgehead atoms. The highest BCUT2D eigenvalue weighted by Gasteiger charge is 2.21. The number of carbonyl (C=O) groups excluding carboxylic acids is 3. The van der Waals surface area contributed by atoms with Crippen LogP contribution >= 0.6 is 0 Å². The predicted octanol–water partition coefficient (Wildman–Crippen LogP) is 0.608. The van der Waals surface area contributed by atoms with E-state index in [0.29, 0.717) is 19.6 Å². The molecular formula is C13H24N2O4. The summed E-state index contributed by atoms with van der Waals surface area (Å²) in [6.45, 7) is 7.79. The van der Waals surface area contributed by atoms with E-state index in [1.165, 1.54) is 0 Å². The Morgan fingerprint density at radius 2 is 1.74 bits per heavy atom. The normalized spacial score (nSPS) is 10.7. The molecule has 0 aromatic carbocycles. The van der Waals surface area contributed by atoms with E-state index in [0.717, 1.165) is 0 Å². The number of hydrogen-bond acceptors (Lipinski definition) is 4. The lowest BCUT2D eigenvalue weighted by molar-refractivity contribution is -0.143. The lowest BCUT2D eigenvalue weighted by Gasteiger charge is -2.17. The molecule has 2 N–H and O–H groups in total. The number of hydrogen-bond donors (Lipinski definition) is 2. The van der Waals surface area contributed by atoms with E-state index in [-0.39, 0.29) is 30.7 Å². The molecular weight excluding hydrogens is 248 g/mol. The van der Waals surface area contributed by atoms with Crippen LogP contribution in [0, 0.1) is 5.41 Å². The Hall–Kier alpha value is -1.59. The number of esters is 1. The highest BCUT2D eigenvalue weighted by molar-refractivity contribution is 5.87. The van der Waals surface area contributed by atoms with E-state index in [1.807, 2.05) is 0 Å². The monoisotopic (exact) mass is 272 g/mol. The molecule has 0 aliphatic heterocycles. The Morgan fingerprint density at radius 3 is 2.26 bits per heavy atom. The third kappa shape index (κ3) is 9.04. The van der Waals surface area contributed by atoms with Crippen LogP contribution in [0.5, 0.6) is 0 Å². The van der Waals surface area contributed by atoms with Crippen molar-refractivity contribution in [1.82, 2.24) is 10.6 Å². The second kappa shape index (κ2) is 8.50. The Morgan fingerprint density at radius 1 is 1.11 bits per heavy atom. The van der Waals surface area contributed by atoms with E-state index in [9.17, 15) is 14.4 Å². The van der Waals surface area contributed by atoms with Gasteiger partial charge in [0, 0.05) is 18.4 Å². The van der Waals surface area contributed by atoms with Crippen molar-refractivity contribution in [2.24, 2.45) is 5.41 Å². The van der Waals surface area contributed by atoms with Gasteiger partial charge in [-0.2, -0.15) is 0 Å². The summed E-state index contributed by atoms with van der Waals surface area (Å²) in [7, 11) is 0. The van der Waals surface area contributed by atoms with Crippen molar-refractivity contribution in [2.45, 2.75) is 40.5 Å². The topological polar surface area (TPSA) is 84.5 Å². The fourth-order valence-corrected chi connectivity index (χ4v) is 1.18. The summed E-state index contributed by atoms with van der Waals surface area (Å²) in [5.41, 5.74) is -0.510. The zero-order valence-electron chi connectivity index (χ0n) is 12.2. The van der Waals surface area contributed by atoms with Gasteiger partial charge in [-0.1, -0.05) is 20.8 Å². The number of nitrogens with one attached hydrogen (secondary N) is 2. The van der Waals surface area contributed by atoms with Gasteiger partial charge in [0.1, 0.15) is 0 Å². The molecule has 110 valence electrons. The van der Waals surface area contributed by atoms with Gasteiger partial charge in [-0.3, -0.25) is 14.4 Å². The number of ether oxygens (including phenoxy) is 1. The van der Waals surface area contributed by atoms with Crippen LogP contribution < -0.4 is 10.6 Å². The summed E-state index contributed by atoms with van der Waals surface area (Å²) in [6.07, 6.45) is 0.806. The van der Waals surface area contributed by atoms with Crippen LogP contribution in [0.15, 0.2) is 0 Å². The van der Waals surface area contributed by atoms with E-state index >= 15 is 0 Å². The van der Waals surface area contributed by atoms with Crippen LogP contribution in [0.4, 0.5) is 0 Å². The first-order valence-corrected chi connectivity index (χ1v) is 6.48. The largest absolute Gasteiger partial charge is 0.466 e. The predicted molar refractivity (Wildman–Crippen MR) is 71.3 cm³/mol. The van der Waals surface area contributed by atoms with E-state index < -0.39 is 5.41 Å². The molecule has 0 heterocycles. The van der Waals surface area contributed by atoms with Gasteiger partial charge >= 0.3 is 5.97 Å². The molecule has 0 aromatic heterocycles. The van der Waals surface area contributed by atoms with E-state index in [4.69, 9.17) is 4.74 Å². The van der Waals surface area contributed by atoms with Crippen LogP contribution in [0.3, 0.4) is 0 Å². The summed E-state index contributed by atoms with van der Waals surface area (Å²) in [4.78, 5) is 33.9. The molecule has 0 aromatic rings. The smallest absolute Gasteiger partial charge is 0.305 e. The van der Waals surface area contributed by atoms with Gasteiger partial charge in [-0.15, -0.1) is 0 Å². The second-order valence-corrected chi connectivity index (χ2v) is 5.19. The van der Waals surface area contributed by atoms with Gasteiger partial charge in [0.15, 0.2) is 0 Å². The van der Waals surface area contributed by atoms with Gasteiger partial charge in [-0.05, 0) is 13.3 Å². The fraction of sp³-hybridized carbons (Fsp3) is 0.769. The molecule has 0 unspecified atom stereocenters. The van der Waals surface area contributed by atoms with Crippen molar-refractivity contribution in [1.29, 1.82) is 0 Å². The van der Waals surface area contributed by atoms with Crippen molar-refractivity contribution >= 4 is 17.8 Å². The average molecular weight is 272 g/mol. The number of rotatable bonds is 7. The number of amides is 2. The molecule has 0 saturated heterocycles. The minimum Gasteiger partial charge on any atom is -0.466 e. The zero-order chi connectivity index (χ0) is 14.9. The highest BCUT2D eigenvalue weighted by Crippen LogP contribution is 2.11. The molecule has 0 rings (SSSR count). The molecule has 0 aliphatic carbocycles. The van der Waals surface area contributed by atoms with Crippen LogP contribution in [-0.2, 0) is 19.1 Å². The SMILES string of the molecule is CCOC(=O)CCCNC(=O)CNC(=O)C(C)(C)C. The summed E-state index contributed by atoms with van der Waals surface area (Å²) < 4.78 is 4.76. The van der Waals surface area contributed by atoms with Gasteiger partial charge in [0.2, 0.25) is 11.8 Å². The quantitative estimate of drug-likeness (QED) is 0.525.